The third kappa shape index (κ3) is 3.66. The Bertz CT molecular complexity index is 1150. The van der Waals surface area contributed by atoms with Crippen LogP contribution in [0.5, 0.6) is 0 Å². The topological polar surface area (TPSA) is 66.9 Å². The maximum absolute atomic E-state index is 13.4. The van der Waals surface area contributed by atoms with E-state index in [0.717, 1.165) is 12.1 Å². The van der Waals surface area contributed by atoms with Crippen LogP contribution in [0.2, 0.25) is 0 Å². The van der Waals surface area contributed by atoms with Crippen molar-refractivity contribution in [2.75, 3.05) is 0 Å². The van der Waals surface area contributed by atoms with Crippen molar-refractivity contribution < 1.29 is 13.6 Å². The Morgan fingerprint density at radius 3 is 2.63 bits per heavy atom. The number of nitrogens with one attached hydrogen (secondary N) is 2. The summed E-state index contributed by atoms with van der Waals surface area (Å²) in [5.74, 6) is -2.33. The zero-order valence-corrected chi connectivity index (χ0v) is 15.5. The lowest BCUT2D eigenvalue weighted by atomic mass is 10.1. The molecule has 0 aliphatic rings. The number of hydrogen-bond donors (Lipinski definition) is 2. The Morgan fingerprint density at radius 2 is 1.96 bits per heavy atom. The molecule has 1 heterocycles. The highest BCUT2D eigenvalue weighted by Crippen LogP contribution is 2.17. The predicted molar refractivity (Wildman–Crippen MR) is 101 cm³/mol. The van der Waals surface area contributed by atoms with Gasteiger partial charge in [-0.15, -0.1) is 0 Å². The molecule has 0 aliphatic carbocycles. The molecule has 5 nitrogen and oxygen atoms in total. The Kier molecular flexibility index (Phi) is 5.18. The van der Waals surface area contributed by atoms with Crippen LogP contribution in [0.3, 0.4) is 0 Å². The number of amides is 1. The zero-order chi connectivity index (χ0) is 19.7. The quantitative estimate of drug-likeness (QED) is 0.666. The van der Waals surface area contributed by atoms with Crippen molar-refractivity contribution in [2.24, 2.45) is 0 Å². The number of H-pyrrole nitrogens is 1. The summed E-state index contributed by atoms with van der Waals surface area (Å²) in [6.45, 7) is 3.93. The van der Waals surface area contributed by atoms with Crippen LogP contribution in [-0.2, 0) is 6.54 Å². The summed E-state index contributed by atoms with van der Waals surface area (Å²) in [7, 11) is 0. The number of fused-ring (bicyclic) bond motifs is 1. The fourth-order valence-corrected chi connectivity index (χ4v) is 3.15. The van der Waals surface area contributed by atoms with E-state index in [1.807, 2.05) is 6.92 Å². The van der Waals surface area contributed by atoms with E-state index < -0.39 is 23.6 Å². The van der Waals surface area contributed by atoms with Gasteiger partial charge in [0.05, 0.1) is 16.9 Å². The monoisotopic (exact) mass is 389 g/mol. The predicted octanol–water partition coefficient (Wildman–Crippen LogP) is 3.85. The molecule has 8 heteroatoms. The van der Waals surface area contributed by atoms with E-state index in [9.17, 15) is 18.4 Å². The van der Waals surface area contributed by atoms with Gasteiger partial charge < -0.3 is 10.3 Å². The van der Waals surface area contributed by atoms with E-state index in [-0.39, 0.29) is 10.3 Å². The lowest BCUT2D eigenvalue weighted by Crippen LogP contribution is -2.27. The van der Waals surface area contributed by atoms with Gasteiger partial charge in [0.2, 0.25) is 0 Å². The van der Waals surface area contributed by atoms with Gasteiger partial charge >= 0.3 is 0 Å². The van der Waals surface area contributed by atoms with Crippen LogP contribution in [-0.4, -0.2) is 15.5 Å². The van der Waals surface area contributed by atoms with Gasteiger partial charge in [-0.2, -0.15) is 0 Å². The summed E-state index contributed by atoms with van der Waals surface area (Å²) in [6.07, 6.45) is 0. The lowest BCUT2D eigenvalue weighted by molar-refractivity contribution is 0.0940. The first-order valence-corrected chi connectivity index (χ1v) is 8.75. The third-order valence-electron chi connectivity index (χ3n) is 4.35. The highest BCUT2D eigenvalue weighted by Gasteiger charge is 2.15. The minimum atomic E-state index is -0.973. The molecule has 0 saturated heterocycles. The first-order valence-electron chi connectivity index (χ1n) is 8.34. The van der Waals surface area contributed by atoms with Crippen molar-refractivity contribution in [1.29, 1.82) is 0 Å². The van der Waals surface area contributed by atoms with Crippen LogP contribution in [0.1, 0.15) is 35.8 Å². The van der Waals surface area contributed by atoms with Crippen molar-refractivity contribution in [3.8, 4) is 0 Å². The number of aromatic amines is 1. The van der Waals surface area contributed by atoms with Gasteiger partial charge in [-0.1, -0.05) is 6.07 Å². The SMILES string of the molecule is CCn1c(=S)[nH]c2cc(C(=O)N[C@H](C)c3ccc(F)c(F)c3)ccc2c1=O. The molecular formula is C19H17F2N3O2S. The molecule has 0 spiro atoms. The summed E-state index contributed by atoms with van der Waals surface area (Å²) in [5.41, 5.74) is 0.991. The number of carbonyl (C=O) groups excluding carboxylic acids is 1. The molecule has 0 unspecified atom stereocenters. The maximum Gasteiger partial charge on any atom is 0.262 e. The summed E-state index contributed by atoms with van der Waals surface area (Å²) in [5, 5.41) is 3.15. The second-order valence-electron chi connectivity index (χ2n) is 6.11. The summed E-state index contributed by atoms with van der Waals surface area (Å²) in [6, 6.07) is 7.58. The molecule has 0 fully saturated rings. The van der Waals surface area contributed by atoms with Crippen LogP contribution < -0.4 is 10.9 Å². The summed E-state index contributed by atoms with van der Waals surface area (Å²) < 4.78 is 28.1. The highest BCUT2D eigenvalue weighted by molar-refractivity contribution is 7.71. The average Bonchev–Trinajstić information content (AvgIpc) is 2.63. The molecule has 27 heavy (non-hydrogen) atoms. The smallest absolute Gasteiger partial charge is 0.262 e. The molecular weight excluding hydrogens is 372 g/mol. The maximum atomic E-state index is 13.4. The lowest BCUT2D eigenvalue weighted by Gasteiger charge is -2.15. The van der Waals surface area contributed by atoms with Crippen LogP contribution in [0.4, 0.5) is 8.78 Å². The number of carbonyl (C=O) groups is 1. The zero-order valence-electron chi connectivity index (χ0n) is 14.7. The molecule has 0 aliphatic heterocycles. The molecule has 1 atom stereocenters. The fourth-order valence-electron chi connectivity index (χ4n) is 2.83. The second-order valence-corrected chi connectivity index (χ2v) is 6.50. The minimum Gasteiger partial charge on any atom is -0.346 e. The van der Waals surface area contributed by atoms with Crippen molar-refractivity contribution in [2.45, 2.75) is 26.4 Å². The Labute approximate surface area is 158 Å². The van der Waals surface area contributed by atoms with Gasteiger partial charge in [0.25, 0.3) is 11.5 Å². The highest BCUT2D eigenvalue weighted by atomic mass is 32.1. The van der Waals surface area contributed by atoms with Gasteiger partial charge in [0.15, 0.2) is 16.4 Å². The number of nitrogens with zero attached hydrogens (tertiary/aromatic N) is 1. The minimum absolute atomic E-state index is 0.224. The normalized spacial score (nSPS) is 12.1. The Balaban J connectivity index is 1.90. The first-order chi connectivity index (χ1) is 12.8. The van der Waals surface area contributed by atoms with Gasteiger partial charge in [0, 0.05) is 12.1 Å². The van der Waals surface area contributed by atoms with Gasteiger partial charge in [-0.05, 0) is 62.0 Å². The van der Waals surface area contributed by atoms with E-state index in [2.05, 4.69) is 10.3 Å². The van der Waals surface area contributed by atoms with Gasteiger partial charge in [0.1, 0.15) is 0 Å². The largest absolute Gasteiger partial charge is 0.346 e. The fraction of sp³-hybridized carbons (Fsp3) is 0.211. The summed E-state index contributed by atoms with van der Waals surface area (Å²) >= 11 is 5.17. The van der Waals surface area contributed by atoms with Crippen molar-refractivity contribution in [3.63, 3.8) is 0 Å². The molecule has 1 amide bonds. The van der Waals surface area contributed by atoms with E-state index in [1.165, 1.54) is 16.7 Å². The summed E-state index contributed by atoms with van der Waals surface area (Å²) in [4.78, 5) is 27.9. The van der Waals surface area contributed by atoms with Crippen LogP contribution in [0.25, 0.3) is 10.9 Å². The van der Waals surface area contributed by atoms with Crippen LogP contribution >= 0.6 is 12.2 Å². The van der Waals surface area contributed by atoms with Gasteiger partial charge in [-0.3, -0.25) is 14.2 Å². The molecule has 2 N–H and O–H groups in total. The molecule has 0 saturated carbocycles. The Morgan fingerprint density at radius 1 is 1.22 bits per heavy atom. The Hall–Kier alpha value is -2.87. The number of hydrogen-bond acceptors (Lipinski definition) is 3. The van der Waals surface area contributed by atoms with E-state index >= 15 is 0 Å². The molecule has 3 rings (SSSR count). The van der Waals surface area contributed by atoms with Gasteiger partial charge in [-0.25, -0.2) is 8.78 Å². The van der Waals surface area contributed by atoms with Crippen molar-refractivity contribution in [3.05, 3.63) is 74.3 Å². The molecule has 140 valence electrons. The van der Waals surface area contributed by atoms with E-state index in [0.29, 0.717) is 28.6 Å². The first kappa shape index (κ1) is 18.9. The molecule has 0 bridgehead atoms. The van der Waals surface area contributed by atoms with Crippen molar-refractivity contribution >= 4 is 29.0 Å². The molecule has 3 aromatic rings. The standard InChI is InChI=1S/C19H17F2N3O2S/c1-3-24-18(26)13-6-4-12(9-16(13)23-19(24)27)17(25)22-10(2)11-5-7-14(20)15(21)8-11/h4-10H,3H2,1-2H3,(H,22,25)(H,23,27)/t10-/m1/s1. The third-order valence-corrected chi connectivity index (χ3v) is 4.67. The van der Waals surface area contributed by atoms with E-state index in [1.54, 1.807) is 19.1 Å². The number of aromatic nitrogens is 2. The van der Waals surface area contributed by atoms with Crippen LogP contribution in [0, 0.1) is 16.4 Å². The van der Waals surface area contributed by atoms with Crippen molar-refractivity contribution in [1.82, 2.24) is 14.9 Å². The average molecular weight is 389 g/mol. The molecule has 2 aromatic carbocycles. The molecule has 0 radical (unpaired) electrons. The number of benzene rings is 2. The molecule has 1 aromatic heterocycles. The van der Waals surface area contributed by atoms with E-state index in [4.69, 9.17) is 12.2 Å². The number of halogens is 2. The van der Waals surface area contributed by atoms with Crippen LogP contribution in [0.15, 0.2) is 41.2 Å². The second kappa shape index (κ2) is 7.40. The number of rotatable bonds is 4.